The van der Waals surface area contributed by atoms with E-state index in [1.807, 2.05) is 0 Å². The first kappa shape index (κ1) is 26.1. The molecule has 0 aliphatic rings. The smallest absolute Gasteiger partial charge is 0.355 e. The molecular weight excluding hydrogens is 529 g/mol. The summed E-state index contributed by atoms with van der Waals surface area (Å²) in [5, 5.41) is 29.0. The van der Waals surface area contributed by atoms with Crippen LogP contribution in [0, 0.1) is 5.82 Å². The molecule has 0 atom stereocenters. The van der Waals surface area contributed by atoms with Gasteiger partial charge in [0.15, 0.2) is 11.5 Å². The van der Waals surface area contributed by atoms with Crippen molar-refractivity contribution < 1.29 is 37.0 Å². The Bertz CT molecular complexity index is 1400. The lowest BCUT2D eigenvalue weighted by atomic mass is 10.00. The van der Waals surface area contributed by atoms with Gasteiger partial charge in [0.2, 0.25) is 0 Å². The Morgan fingerprint density at radius 1 is 1.08 bits per heavy atom. The quantitative estimate of drug-likeness (QED) is 0.222. The van der Waals surface area contributed by atoms with Crippen molar-refractivity contribution in [2.24, 2.45) is 0 Å². The van der Waals surface area contributed by atoms with Gasteiger partial charge in [-0.2, -0.15) is 18.3 Å². The molecule has 4 rings (SSSR count). The molecule has 0 saturated carbocycles. The molecule has 0 radical (unpaired) electrons. The minimum Gasteiger partial charge on any atom is -0.355 e. The van der Waals surface area contributed by atoms with Crippen LogP contribution in [0.4, 0.5) is 17.6 Å². The number of hydrogen-bond donors (Lipinski definition) is 2. The minimum atomic E-state index is -5.01. The Hall–Kier alpha value is -2.96. The van der Waals surface area contributed by atoms with Crippen LogP contribution < -0.4 is 0 Å². The molecule has 190 valence electrons. The van der Waals surface area contributed by atoms with Crippen LogP contribution in [-0.4, -0.2) is 31.3 Å². The Labute approximate surface area is 211 Å². The van der Waals surface area contributed by atoms with Crippen LogP contribution in [0.2, 0.25) is 10.0 Å². The van der Waals surface area contributed by atoms with Crippen molar-refractivity contribution in [2.45, 2.75) is 32.1 Å². The van der Waals surface area contributed by atoms with Crippen molar-refractivity contribution in [3.63, 3.8) is 0 Å². The Morgan fingerprint density at radius 2 is 1.78 bits per heavy atom. The van der Waals surface area contributed by atoms with Gasteiger partial charge in [-0.05, 0) is 44.2 Å². The lowest BCUT2D eigenvalue weighted by molar-refractivity contribution is -0.362. The van der Waals surface area contributed by atoms with E-state index in [0.717, 1.165) is 12.3 Å². The standard InChI is InChI=1S/C23H17Cl2F4N3O4/c1-11(2)35-23(33,34)18-19(17-15(25)7-4-8-16(17)26)31-36-20(18)14-10-30-32(21(14)22(27,28)29)13-6-3-5-12(24)9-13/h3-11,33-34H,1-2H3. The second-order valence-electron chi connectivity index (χ2n) is 7.90. The highest BCUT2D eigenvalue weighted by atomic mass is 35.5. The molecule has 2 aromatic carbocycles. The molecule has 2 N–H and O–H groups in total. The van der Waals surface area contributed by atoms with Gasteiger partial charge in [0.25, 0.3) is 0 Å². The first-order valence-electron chi connectivity index (χ1n) is 10.3. The summed E-state index contributed by atoms with van der Waals surface area (Å²) in [7, 11) is 0. The maximum atomic E-state index is 14.7. The molecule has 4 aromatic rings. The van der Waals surface area contributed by atoms with E-state index in [9.17, 15) is 27.8 Å². The monoisotopic (exact) mass is 545 g/mol. The molecule has 2 heterocycles. The molecule has 36 heavy (non-hydrogen) atoms. The molecule has 0 unspecified atom stereocenters. The number of benzene rings is 2. The molecule has 0 aliphatic heterocycles. The largest absolute Gasteiger partial charge is 0.434 e. The van der Waals surface area contributed by atoms with E-state index in [-0.39, 0.29) is 15.7 Å². The third kappa shape index (κ3) is 4.84. The van der Waals surface area contributed by atoms with Crippen LogP contribution in [-0.2, 0) is 16.9 Å². The summed E-state index contributed by atoms with van der Waals surface area (Å²) in [4.78, 5) is 0. The number of hydrogen-bond acceptors (Lipinski definition) is 6. The molecule has 0 bridgehead atoms. The van der Waals surface area contributed by atoms with Gasteiger partial charge in [0.05, 0.1) is 34.1 Å². The van der Waals surface area contributed by atoms with Gasteiger partial charge in [0.1, 0.15) is 17.1 Å². The van der Waals surface area contributed by atoms with Crippen molar-refractivity contribution in [3.05, 3.63) is 75.8 Å². The SMILES string of the molecule is CC(C)OC(O)(O)c1c(-c2c(F)cccc2Cl)noc1-c1cnn(-c2cccc(Cl)c2)c1C(F)(F)F. The highest BCUT2D eigenvalue weighted by molar-refractivity contribution is 6.33. The number of nitrogens with zero attached hydrogens (tertiary/aromatic N) is 3. The van der Waals surface area contributed by atoms with E-state index in [2.05, 4.69) is 10.3 Å². The van der Waals surface area contributed by atoms with E-state index < -0.39 is 57.9 Å². The third-order valence-corrected chi connectivity index (χ3v) is 5.50. The van der Waals surface area contributed by atoms with Crippen molar-refractivity contribution in [1.82, 2.24) is 14.9 Å². The van der Waals surface area contributed by atoms with Gasteiger partial charge in [-0.25, -0.2) is 9.07 Å². The highest BCUT2D eigenvalue weighted by Crippen LogP contribution is 2.46. The topological polar surface area (TPSA) is 93.5 Å². The number of aromatic nitrogens is 3. The fraction of sp³-hybridized carbons (Fsp3) is 0.217. The van der Waals surface area contributed by atoms with Gasteiger partial charge >= 0.3 is 12.1 Å². The Balaban J connectivity index is 2.04. The lowest BCUT2D eigenvalue weighted by Crippen LogP contribution is -2.32. The van der Waals surface area contributed by atoms with Gasteiger partial charge in [-0.3, -0.25) is 0 Å². The summed E-state index contributed by atoms with van der Waals surface area (Å²) < 4.78 is 68.5. The Morgan fingerprint density at radius 3 is 2.39 bits per heavy atom. The maximum absolute atomic E-state index is 14.7. The number of rotatable bonds is 6. The van der Waals surface area contributed by atoms with Crippen LogP contribution in [0.25, 0.3) is 28.3 Å². The zero-order valence-corrected chi connectivity index (χ0v) is 20.0. The molecule has 0 spiro atoms. The van der Waals surface area contributed by atoms with Crippen molar-refractivity contribution >= 4 is 23.2 Å². The number of aliphatic hydroxyl groups is 2. The molecule has 0 aliphatic carbocycles. The third-order valence-electron chi connectivity index (χ3n) is 4.95. The van der Waals surface area contributed by atoms with Gasteiger partial charge in [-0.1, -0.05) is 40.5 Å². The molecule has 0 amide bonds. The van der Waals surface area contributed by atoms with Crippen molar-refractivity contribution in [2.75, 3.05) is 0 Å². The van der Waals surface area contributed by atoms with Crippen LogP contribution in [0.5, 0.6) is 0 Å². The summed E-state index contributed by atoms with van der Waals surface area (Å²) in [6.07, 6.45) is -5.05. The van der Waals surface area contributed by atoms with E-state index in [1.165, 1.54) is 50.2 Å². The summed E-state index contributed by atoms with van der Waals surface area (Å²) in [6.45, 7) is 2.89. The first-order valence-corrected chi connectivity index (χ1v) is 11.1. The fourth-order valence-electron chi connectivity index (χ4n) is 3.65. The van der Waals surface area contributed by atoms with Gasteiger partial charge < -0.3 is 19.5 Å². The maximum Gasteiger partial charge on any atom is 0.434 e. The second-order valence-corrected chi connectivity index (χ2v) is 8.75. The Kier molecular flexibility index (Phi) is 6.88. The molecule has 0 fully saturated rings. The summed E-state index contributed by atoms with van der Waals surface area (Å²) in [6, 6.07) is 9.08. The summed E-state index contributed by atoms with van der Waals surface area (Å²) in [5.74, 6) is -4.96. The normalized spacial score (nSPS) is 12.5. The van der Waals surface area contributed by atoms with Crippen LogP contribution in [0.15, 0.2) is 53.2 Å². The van der Waals surface area contributed by atoms with E-state index in [4.69, 9.17) is 32.5 Å². The minimum absolute atomic E-state index is 0.0304. The zero-order chi connectivity index (χ0) is 26.4. The van der Waals surface area contributed by atoms with Crippen LogP contribution in [0.1, 0.15) is 25.1 Å². The average molecular weight is 546 g/mol. The summed E-state index contributed by atoms with van der Waals surface area (Å²) >= 11 is 12.1. The number of ether oxygens (including phenoxy) is 1. The second kappa shape index (κ2) is 9.49. The molecule has 13 heteroatoms. The molecule has 7 nitrogen and oxygen atoms in total. The van der Waals surface area contributed by atoms with E-state index in [0.29, 0.717) is 4.68 Å². The molecule has 0 saturated heterocycles. The predicted octanol–water partition coefficient (Wildman–Crippen LogP) is 6.18. The summed E-state index contributed by atoms with van der Waals surface area (Å²) in [5.41, 5.74) is -3.88. The first-order chi connectivity index (χ1) is 16.8. The predicted molar refractivity (Wildman–Crippen MR) is 122 cm³/mol. The molecule has 2 aromatic heterocycles. The fourth-order valence-corrected chi connectivity index (χ4v) is 4.09. The van der Waals surface area contributed by atoms with Crippen molar-refractivity contribution in [1.29, 1.82) is 0 Å². The highest BCUT2D eigenvalue weighted by Gasteiger charge is 2.45. The molecular formula is C23H17Cl2F4N3O4. The van der Waals surface area contributed by atoms with Gasteiger partial charge in [0, 0.05) is 5.02 Å². The zero-order valence-electron chi connectivity index (χ0n) is 18.5. The van der Waals surface area contributed by atoms with Gasteiger partial charge in [-0.15, -0.1) is 0 Å². The average Bonchev–Trinajstić information content (AvgIpc) is 3.37. The van der Waals surface area contributed by atoms with E-state index >= 15 is 0 Å². The van der Waals surface area contributed by atoms with Crippen LogP contribution >= 0.6 is 23.2 Å². The van der Waals surface area contributed by atoms with Crippen LogP contribution in [0.3, 0.4) is 0 Å². The lowest BCUT2D eigenvalue weighted by Gasteiger charge is -2.25. The number of halogens is 6. The number of alkyl halides is 3. The van der Waals surface area contributed by atoms with E-state index in [1.54, 1.807) is 0 Å². The van der Waals surface area contributed by atoms with Crippen molar-refractivity contribution in [3.8, 4) is 28.3 Å².